The van der Waals surface area contributed by atoms with Crippen LogP contribution in [-0.4, -0.2) is 29.9 Å². The van der Waals surface area contributed by atoms with E-state index >= 15 is 0 Å². The van der Waals surface area contributed by atoms with Gasteiger partial charge in [0.1, 0.15) is 0 Å². The highest BCUT2D eigenvalue weighted by Gasteiger charge is 2.22. The van der Waals surface area contributed by atoms with Gasteiger partial charge < -0.3 is 4.52 Å². The number of benzene rings is 2. The maximum absolute atomic E-state index is 12.7. The van der Waals surface area contributed by atoms with Crippen LogP contribution in [0.4, 0.5) is 0 Å². The maximum atomic E-state index is 12.7. The van der Waals surface area contributed by atoms with Gasteiger partial charge in [-0.05, 0) is 23.5 Å². The van der Waals surface area contributed by atoms with Crippen molar-refractivity contribution in [1.82, 2.24) is 14.4 Å². The molecule has 0 saturated carbocycles. The normalized spacial score (nSPS) is 12.5. The van der Waals surface area contributed by atoms with Crippen LogP contribution >= 0.6 is 0 Å². The fourth-order valence-electron chi connectivity index (χ4n) is 2.97. The first-order chi connectivity index (χ1) is 13.5. The topological polar surface area (TPSA) is 76.3 Å². The predicted octanol–water partition coefficient (Wildman–Crippen LogP) is 4.30. The molecule has 0 spiro atoms. The molecule has 7 heteroatoms. The third-order valence-corrected chi connectivity index (χ3v) is 6.52. The Morgan fingerprint density at radius 3 is 2.38 bits per heavy atom. The van der Waals surface area contributed by atoms with Gasteiger partial charge in [0, 0.05) is 12.6 Å². The zero-order chi connectivity index (χ0) is 21.2. The number of hydrogen-bond donors (Lipinski definition) is 0. The summed E-state index contributed by atoms with van der Waals surface area (Å²) in [4.78, 5) is 4.36. The second-order valence-corrected chi connectivity index (χ2v) is 10.4. The van der Waals surface area contributed by atoms with Crippen LogP contribution in [0, 0.1) is 6.92 Å². The van der Waals surface area contributed by atoms with E-state index in [4.69, 9.17) is 4.52 Å². The molecular formula is C22H27N3O3S. The van der Waals surface area contributed by atoms with Gasteiger partial charge in [0.05, 0.1) is 12.3 Å². The lowest BCUT2D eigenvalue weighted by atomic mass is 9.87. The summed E-state index contributed by atoms with van der Waals surface area (Å²) >= 11 is 0. The van der Waals surface area contributed by atoms with Crippen LogP contribution in [0.25, 0.3) is 11.4 Å². The predicted molar refractivity (Wildman–Crippen MR) is 114 cm³/mol. The second kappa shape index (κ2) is 8.08. The van der Waals surface area contributed by atoms with Gasteiger partial charge in [-0.1, -0.05) is 80.0 Å². The molecule has 0 fully saturated rings. The van der Waals surface area contributed by atoms with Crippen molar-refractivity contribution in [2.45, 2.75) is 45.4 Å². The van der Waals surface area contributed by atoms with E-state index in [9.17, 15) is 8.42 Å². The highest BCUT2D eigenvalue weighted by molar-refractivity contribution is 7.88. The minimum absolute atomic E-state index is 0.0290. The zero-order valence-corrected chi connectivity index (χ0v) is 18.3. The summed E-state index contributed by atoms with van der Waals surface area (Å²) in [5.74, 6) is 0.639. The molecule has 6 nitrogen and oxygen atoms in total. The van der Waals surface area contributed by atoms with Crippen LogP contribution in [0.1, 0.15) is 43.4 Å². The van der Waals surface area contributed by atoms with Crippen molar-refractivity contribution < 1.29 is 12.9 Å². The maximum Gasteiger partial charge on any atom is 0.242 e. The van der Waals surface area contributed by atoms with Gasteiger partial charge in [-0.15, -0.1) is 0 Å². The van der Waals surface area contributed by atoms with Crippen LogP contribution in [0.3, 0.4) is 0 Å². The van der Waals surface area contributed by atoms with Gasteiger partial charge in [-0.25, -0.2) is 8.42 Å². The molecule has 0 radical (unpaired) electrons. The highest BCUT2D eigenvalue weighted by Crippen LogP contribution is 2.25. The molecule has 0 bridgehead atoms. The number of sulfonamides is 1. The molecule has 0 amide bonds. The molecule has 1 heterocycles. The monoisotopic (exact) mass is 413 g/mol. The van der Waals surface area contributed by atoms with Crippen LogP contribution in [0.15, 0.2) is 53.1 Å². The summed E-state index contributed by atoms with van der Waals surface area (Å²) in [5, 5.41) is 4.00. The van der Waals surface area contributed by atoms with Crippen molar-refractivity contribution in [2.75, 3.05) is 7.05 Å². The summed E-state index contributed by atoms with van der Waals surface area (Å²) in [6.45, 7) is 8.43. The minimum atomic E-state index is -3.50. The molecule has 2 aromatic carbocycles. The Labute approximate surface area is 172 Å². The Hall–Kier alpha value is -2.51. The fourth-order valence-corrected chi connectivity index (χ4v) is 4.10. The van der Waals surface area contributed by atoms with Crippen LogP contribution in [0.5, 0.6) is 0 Å². The van der Waals surface area contributed by atoms with E-state index in [-0.39, 0.29) is 23.6 Å². The Morgan fingerprint density at radius 1 is 1.07 bits per heavy atom. The van der Waals surface area contributed by atoms with E-state index in [0.717, 1.165) is 16.7 Å². The summed E-state index contributed by atoms with van der Waals surface area (Å²) in [7, 11) is -1.98. The molecule has 0 aliphatic heterocycles. The first-order valence-electron chi connectivity index (χ1n) is 9.48. The van der Waals surface area contributed by atoms with E-state index in [1.807, 2.05) is 55.5 Å². The number of aromatic nitrogens is 2. The highest BCUT2D eigenvalue weighted by atomic mass is 32.2. The summed E-state index contributed by atoms with van der Waals surface area (Å²) in [5.41, 5.74) is 3.89. The van der Waals surface area contributed by atoms with Crippen LogP contribution in [-0.2, 0) is 27.7 Å². The SMILES string of the molecule is Cc1cccc(CS(=O)(=O)N(C)Cc2nc(-c3ccc(C(C)(C)C)cc3)no2)c1. The number of hydrogen-bond acceptors (Lipinski definition) is 5. The molecule has 0 unspecified atom stereocenters. The quantitative estimate of drug-likeness (QED) is 0.602. The minimum Gasteiger partial charge on any atom is -0.338 e. The lowest BCUT2D eigenvalue weighted by Crippen LogP contribution is -2.27. The third-order valence-electron chi connectivity index (χ3n) is 4.74. The molecule has 0 N–H and O–H groups in total. The summed E-state index contributed by atoms with van der Waals surface area (Å²) < 4.78 is 31.8. The standard InChI is InChI=1S/C22H27N3O3S/c1-16-7-6-8-17(13-16)15-29(26,27)25(5)14-20-23-21(24-28-20)18-9-11-19(12-10-18)22(2,3)4/h6-13H,14-15H2,1-5H3. The average Bonchev–Trinajstić information content (AvgIpc) is 3.09. The molecule has 29 heavy (non-hydrogen) atoms. The molecule has 0 aliphatic rings. The third kappa shape index (κ3) is 5.31. The Bertz CT molecular complexity index is 1080. The van der Waals surface area contributed by atoms with Crippen molar-refractivity contribution >= 4 is 10.0 Å². The number of nitrogens with zero attached hydrogens (tertiary/aromatic N) is 3. The molecular weight excluding hydrogens is 386 g/mol. The van der Waals surface area contributed by atoms with Gasteiger partial charge in [0.15, 0.2) is 0 Å². The second-order valence-electron chi connectivity index (χ2n) is 8.34. The lowest BCUT2D eigenvalue weighted by Gasteiger charge is -2.18. The number of aryl methyl sites for hydroxylation is 1. The molecule has 3 rings (SSSR count). The van der Waals surface area contributed by atoms with Gasteiger partial charge in [0.2, 0.25) is 21.7 Å². The Morgan fingerprint density at radius 2 is 1.76 bits per heavy atom. The smallest absolute Gasteiger partial charge is 0.242 e. The molecule has 1 aromatic heterocycles. The van der Waals surface area contributed by atoms with Crippen molar-refractivity contribution in [3.63, 3.8) is 0 Å². The van der Waals surface area contributed by atoms with E-state index in [2.05, 4.69) is 30.9 Å². The van der Waals surface area contributed by atoms with Crippen molar-refractivity contribution in [3.05, 3.63) is 71.1 Å². The summed E-state index contributed by atoms with van der Waals surface area (Å²) in [6.07, 6.45) is 0. The zero-order valence-electron chi connectivity index (χ0n) is 17.5. The Kier molecular flexibility index (Phi) is 5.91. The van der Waals surface area contributed by atoms with Crippen molar-refractivity contribution in [2.24, 2.45) is 0 Å². The van der Waals surface area contributed by atoms with Gasteiger partial charge in [-0.3, -0.25) is 0 Å². The first-order valence-corrected chi connectivity index (χ1v) is 11.1. The van der Waals surface area contributed by atoms with Crippen LogP contribution < -0.4 is 0 Å². The van der Waals surface area contributed by atoms with E-state index in [1.54, 1.807) is 0 Å². The molecule has 0 atom stereocenters. The first kappa shape index (κ1) is 21.2. The van der Waals surface area contributed by atoms with E-state index in [0.29, 0.717) is 5.82 Å². The van der Waals surface area contributed by atoms with Gasteiger partial charge in [-0.2, -0.15) is 9.29 Å². The molecule has 154 valence electrons. The average molecular weight is 414 g/mol. The molecule has 3 aromatic rings. The van der Waals surface area contributed by atoms with Crippen molar-refractivity contribution in [3.8, 4) is 11.4 Å². The van der Waals surface area contributed by atoms with Crippen molar-refractivity contribution in [1.29, 1.82) is 0 Å². The largest absolute Gasteiger partial charge is 0.338 e. The van der Waals surface area contributed by atoms with Crippen LogP contribution in [0.2, 0.25) is 0 Å². The van der Waals surface area contributed by atoms with Gasteiger partial charge in [0.25, 0.3) is 0 Å². The molecule has 0 aliphatic carbocycles. The fraction of sp³-hybridized carbons (Fsp3) is 0.364. The summed E-state index contributed by atoms with van der Waals surface area (Å²) in [6, 6.07) is 15.5. The lowest BCUT2D eigenvalue weighted by molar-refractivity contribution is 0.336. The van der Waals surface area contributed by atoms with E-state index in [1.165, 1.54) is 16.9 Å². The van der Waals surface area contributed by atoms with Gasteiger partial charge >= 0.3 is 0 Å². The number of rotatable bonds is 6. The van der Waals surface area contributed by atoms with E-state index < -0.39 is 10.0 Å². The molecule has 0 saturated heterocycles. The Balaban J connectivity index is 1.70.